The average Bonchev–Trinajstić information content (AvgIpc) is 2.12. The lowest BCUT2D eigenvalue weighted by atomic mass is 10.00. The number of benzene rings is 1. The van der Waals surface area contributed by atoms with Gasteiger partial charge in [-0.2, -0.15) is 0 Å². The Bertz CT molecular complexity index is 298. The van der Waals surface area contributed by atoms with Gasteiger partial charge in [-0.05, 0) is 25.8 Å². The second-order valence-electron chi connectivity index (χ2n) is 3.66. The van der Waals surface area contributed by atoms with Crippen LogP contribution in [0, 0.1) is 13.8 Å². The molecule has 3 N–H and O–H groups in total. The highest BCUT2D eigenvalue weighted by Crippen LogP contribution is 2.19. The van der Waals surface area contributed by atoms with Crippen molar-refractivity contribution in [2.45, 2.75) is 26.3 Å². The van der Waals surface area contributed by atoms with Crippen LogP contribution in [0.5, 0.6) is 0 Å². The van der Waals surface area contributed by atoms with Crippen LogP contribution in [0.25, 0.3) is 0 Å². The maximum Gasteiger partial charge on any atom is 0.0494 e. The monoisotopic (exact) mass is 190 g/mol. The Balaban J connectivity index is 2.96. The molecule has 2 nitrogen and oxygen atoms in total. The lowest BCUT2D eigenvalue weighted by Gasteiger charge is -2.15. The van der Waals surface area contributed by atoms with Gasteiger partial charge in [0.1, 0.15) is 0 Å². The molecule has 0 amide bonds. The van der Waals surface area contributed by atoms with Crippen molar-refractivity contribution in [2.75, 3.05) is 0 Å². The van der Waals surface area contributed by atoms with Crippen LogP contribution in [-0.4, -0.2) is 0 Å². The molecule has 0 radical (unpaired) electrons. The molecule has 0 aliphatic rings. The van der Waals surface area contributed by atoms with E-state index in [1.54, 1.807) is 0 Å². The fourth-order valence-electron chi connectivity index (χ4n) is 1.68. The van der Waals surface area contributed by atoms with Crippen LogP contribution in [0.4, 0.5) is 0 Å². The molecule has 2 heteroatoms. The van der Waals surface area contributed by atoms with E-state index in [4.69, 9.17) is 5.84 Å². The molecule has 1 atom stereocenters. The Kier molecular flexibility index (Phi) is 3.86. The molecule has 0 saturated heterocycles. The molecule has 0 aliphatic carbocycles. The minimum atomic E-state index is 0.172. The molecule has 0 fully saturated rings. The Hall–Kier alpha value is -1.12. The molecule has 0 aromatic heterocycles. The Labute approximate surface area is 85.8 Å². The van der Waals surface area contributed by atoms with Crippen LogP contribution in [0.1, 0.15) is 29.2 Å². The molecular formula is C12H18N2. The summed E-state index contributed by atoms with van der Waals surface area (Å²) >= 11 is 0. The second-order valence-corrected chi connectivity index (χ2v) is 3.66. The third kappa shape index (κ3) is 2.69. The lowest BCUT2D eigenvalue weighted by molar-refractivity contribution is 0.561. The van der Waals surface area contributed by atoms with Crippen molar-refractivity contribution in [1.29, 1.82) is 0 Å². The fourth-order valence-corrected chi connectivity index (χ4v) is 1.68. The number of aryl methyl sites for hydroxylation is 2. The van der Waals surface area contributed by atoms with Crippen molar-refractivity contribution in [2.24, 2.45) is 5.84 Å². The first-order valence-electron chi connectivity index (χ1n) is 4.82. The number of nitrogens with two attached hydrogens (primary N) is 1. The van der Waals surface area contributed by atoms with Crippen molar-refractivity contribution >= 4 is 0 Å². The SMILES string of the molecule is C=CCC(NN)c1cc(C)cc(C)c1. The van der Waals surface area contributed by atoms with Crippen molar-refractivity contribution in [3.8, 4) is 0 Å². The van der Waals surface area contributed by atoms with Crippen LogP contribution in [-0.2, 0) is 0 Å². The summed E-state index contributed by atoms with van der Waals surface area (Å²) in [4.78, 5) is 0. The maximum absolute atomic E-state index is 5.49. The highest BCUT2D eigenvalue weighted by Gasteiger charge is 2.07. The van der Waals surface area contributed by atoms with Crippen molar-refractivity contribution < 1.29 is 0 Å². The quantitative estimate of drug-likeness (QED) is 0.434. The average molecular weight is 190 g/mol. The van der Waals surface area contributed by atoms with E-state index in [2.05, 4.69) is 44.1 Å². The molecular weight excluding hydrogens is 172 g/mol. The molecule has 14 heavy (non-hydrogen) atoms. The second kappa shape index (κ2) is 4.94. The van der Waals surface area contributed by atoms with Crippen LogP contribution in [0.3, 0.4) is 0 Å². The zero-order chi connectivity index (χ0) is 10.6. The van der Waals surface area contributed by atoms with E-state index in [0.29, 0.717) is 0 Å². The molecule has 1 unspecified atom stereocenters. The van der Waals surface area contributed by atoms with Crippen LogP contribution in [0.15, 0.2) is 30.9 Å². The van der Waals surface area contributed by atoms with E-state index in [0.717, 1.165) is 6.42 Å². The number of hydrazine groups is 1. The largest absolute Gasteiger partial charge is 0.271 e. The molecule has 0 bridgehead atoms. The first-order valence-corrected chi connectivity index (χ1v) is 4.82. The normalized spacial score (nSPS) is 12.5. The molecule has 0 aliphatic heterocycles. The first-order chi connectivity index (χ1) is 6.67. The summed E-state index contributed by atoms with van der Waals surface area (Å²) in [6.07, 6.45) is 2.72. The van der Waals surface area contributed by atoms with Gasteiger partial charge in [-0.1, -0.05) is 35.4 Å². The van der Waals surface area contributed by atoms with Gasteiger partial charge in [-0.3, -0.25) is 11.3 Å². The minimum Gasteiger partial charge on any atom is -0.271 e. The molecule has 0 spiro atoms. The third-order valence-electron chi connectivity index (χ3n) is 2.25. The highest BCUT2D eigenvalue weighted by atomic mass is 15.2. The van der Waals surface area contributed by atoms with Gasteiger partial charge >= 0.3 is 0 Å². The van der Waals surface area contributed by atoms with Gasteiger partial charge in [-0.15, -0.1) is 6.58 Å². The molecule has 76 valence electrons. The van der Waals surface area contributed by atoms with Crippen LogP contribution in [0.2, 0.25) is 0 Å². The van der Waals surface area contributed by atoms with Crippen molar-refractivity contribution in [1.82, 2.24) is 5.43 Å². The first kappa shape index (κ1) is 11.0. The van der Waals surface area contributed by atoms with E-state index < -0.39 is 0 Å². The molecule has 1 rings (SSSR count). The van der Waals surface area contributed by atoms with Crippen molar-refractivity contribution in [3.05, 3.63) is 47.5 Å². The zero-order valence-corrected chi connectivity index (χ0v) is 8.88. The zero-order valence-electron chi connectivity index (χ0n) is 8.88. The number of hydrogen-bond donors (Lipinski definition) is 2. The minimum absolute atomic E-state index is 0.172. The van der Waals surface area contributed by atoms with E-state index >= 15 is 0 Å². The van der Waals surface area contributed by atoms with Gasteiger partial charge < -0.3 is 0 Å². The van der Waals surface area contributed by atoms with Crippen LogP contribution >= 0.6 is 0 Å². The Morgan fingerprint density at radius 1 is 1.36 bits per heavy atom. The number of hydrogen-bond acceptors (Lipinski definition) is 2. The number of nitrogens with one attached hydrogen (secondary N) is 1. The van der Waals surface area contributed by atoms with E-state index in [9.17, 15) is 0 Å². The number of rotatable bonds is 4. The van der Waals surface area contributed by atoms with Crippen molar-refractivity contribution in [3.63, 3.8) is 0 Å². The van der Waals surface area contributed by atoms with E-state index in [1.807, 2.05) is 6.08 Å². The maximum atomic E-state index is 5.49. The van der Waals surface area contributed by atoms with Gasteiger partial charge in [-0.25, -0.2) is 0 Å². The van der Waals surface area contributed by atoms with Gasteiger partial charge in [0, 0.05) is 6.04 Å². The Morgan fingerprint density at radius 3 is 2.36 bits per heavy atom. The molecule has 1 aromatic carbocycles. The van der Waals surface area contributed by atoms with E-state index in [1.165, 1.54) is 16.7 Å². The molecule has 0 saturated carbocycles. The van der Waals surface area contributed by atoms with Gasteiger partial charge in [0.25, 0.3) is 0 Å². The lowest BCUT2D eigenvalue weighted by Crippen LogP contribution is -2.27. The molecule has 1 aromatic rings. The van der Waals surface area contributed by atoms with Gasteiger partial charge in [0.05, 0.1) is 0 Å². The van der Waals surface area contributed by atoms with Gasteiger partial charge in [0.2, 0.25) is 0 Å². The van der Waals surface area contributed by atoms with E-state index in [-0.39, 0.29) is 6.04 Å². The Morgan fingerprint density at radius 2 is 1.93 bits per heavy atom. The predicted molar refractivity (Wildman–Crippen MR) is 60.8 cm³/mol. The van der Waals surface area contributed by atoms with Gasteiger partial charge in [0.15, 0.2) is 0 Å². The summed E-state index contributed by atoms with van der Waals surface area (Å²) in [7, 11) is 0. The summed E-state index contributed by atoms with van der Waals surface area (Å²) in [6, 6.07) is 6.64. The smallest absolute Gasteiger partial charge is 0.0494 e. The summed E-state index contributed by atoms with van der Waals surface area (Å²) in [5.41, 5.74) is 6.56. The summed E-state index contributed by atoms with van der Waals surface area (Å²) in [5, 5.41) is 0. The summed E-state index contributed by atoms with van der Waals surface area (Å²) in [5.74, 6) is 5.49. The summed E-state index contributed by atoms with van der Waals surface area (Å²) < 4.78 is 0. The van der Waals surface area contributed by atoms with Crippen LogP contribution < -0.4 is 11.3 Å². The molecule has 0 heterocycles. The highest BCUT2D eigenvalue weighted by molar-refractivity contribution is 5.30. The topological polar surface area (TPSA) is 38.0 Å². The summed E-state index contributed by atoms with van der Waals surface area (Å²) in [6.45, 7) is 7.91. The fraction of sp³-hybridized carbons (Fsp3) is 0.333. The standard InChI is InChI=1S/C12H18N2/c1-4-5-12(14-13)11-7-9(2)6-10(3)8-11/h4,6-8,12,14H,1,5,13H2,2-3H3. The predicted octanol–water partition coefficient (Wildman–Crippen LogP) is 2.38. The third-order valence-corrected chi connectivity index (χ3v) is 2.25.